The Morgan fingerprint density at radius 3 is 2.87 bits per heavy atom. The molecule has 0 spiro atoms. The van der Waals surface area contributed by atoms with Crippen molar-refractivity contribution in [2.45, 2.75) is 19.9 Å². The Morgan fingerprint density at radius 1 is 1.53 bits per heavy atom. The summed E-state index contributed by atoms with van der Waals surface area (Å²) in [5, 5.41) is 6.06. The molecule has 0 aliphatic carbocycles. The summed E-state index contributed by atoms with van der Waals surface area (Å²) >= 11 is 5.69. The lowest BCUT2D eigenvalue weighted by Gasteiger charge is -2.09. The van der Waals surface area contributed by atoms with Crippen LogP contribution in [-0.4, -0.2) is 23.5 Å². The van der Waals surface area contributed by atoms with E-state index in [4.69, 9.17) is 11.6 Å². The van der Waals surface area contributed by atoms with Crippen LogP contribution in [0.3, 0.4) is 0 Å². The van der Waals surface area contributed by atoms with E-state index in [0.717, 1.165) is 0 Å². The van der Waals surface area contributed by atoms with Crippen molar-refractivity contribution in [1.82, 2.24) is 10.3 Å². The smallest absolute Gasteiger partial charge is 0.239 e. The average molecular weight is 228 g/mol. The maximum absolute atomic E-state index is 11.3. The fraction of sp³-hybridized carbons (Fsp3) is 0.400. The minimum atomic E-state index is -0.0632. The van der Waals surface area contributed by atoms with Gasteiger partial charge in [-0.15, -0.1) is 0 Å². The third-order valence-corrected chi connectivity index (χ3v) is 1.81. The lowest BCUT2D eigenvalue weighted by Crippen LogP contribution is -2.34. The molecule has 0 radical (unpaired) electrons. The lowest BCUT2D eigenvalue weighted by molar-refractivity contribution is -0.119. The molecule has 15 heavy (non-hydrogen) atoms. The monoisotopic (exact) mass is 227 g/mol. The molecule has 1 heterocycles. The summed E-state index contributed by atoms with van der Waals surface area (Å²) in [6.07, 6.45) is 0. The quantitative estimate of drug-likeness (QED) is 0.770. The van der Waals surface area contributed by atoms with E-state index in [1.807, 2.05) is 13.8 Å². The normalized spacial score (nSPS) is 10.1. The molecule has 82 valence electrons. The van der Waals surface area contributed by atoms with Gasteiger partial charge < -0.3 is 10.6 Å². The number of carbonyl (C=O) groups is 1. The second-order valence-corrected chi connectivity index (χ2v) is 3.81. The van der Waals surface area contributed by atoms with Crippen LogP contribution >= 0.6 is 11.6 Å². The predicted molar refractivity (Wildman–Crippen MR) is 61.0 cm³/mol. The molecular weight excluding hydrogens is 214 g/mol. The molecule has 0 aliphatic rings. The zero-order chi connectivity index (χ0) is 11.3. The highest BCUT2D eigenvalue weighted by Crippen LogP contribution is 2.08. The van der Waals surface area contributed by atoms with Crippen LogP contribution in [0.25, 0.3) is 0 Å². The van der Waals surface area contributed by atoms with Crippen LogP contribution in [0.1, 0.15) is 13.8 Å². The van der Waals surface area contributed by atoms with E-state index in [2.05, 4.69) is 15.6 Å². The lowest BCUT2D eigenvalue weighted by atomic mass is 10.4. The van der Waals surface area contributed by atoms with Gasteiger partial charge in [0.2, 0.25) is 5.91 Å². The van der Waals surface area contributed by atoms with E-state index in [1.54, 1.807) is 18.2 Å². The Bertz CT molecular complexity index is 341. The number of rotatable bonds is 4. The Labute approximate surface area is 94.0 Å². The summed E-state index contributed by atoms with van der Waals surface area (Å²) in [5.41, 5.74) is 0. The Kier molecular flexibility index (Phi) is 4.37. The molecule has 1 aromatic heterocycles. The van der Waals surface area contributed by atoms with Crippen LogP contribution in [0.15, 0.2) is 18.2 Å². The first-order valence-electron chi connectivity index (χ1n) is 4.73. The number of anilines is 1. The van der Waals surface area contributed by atoms with E-state index in [0.29, 0.717) is 11.0 Å². The predicted octanol–water partition coefficient (Wildman–Crippen LogP) is 1.67. The number of hydrogen-bond acceptors (Lipinski definition) is 3. The second-order valence-electron chi connectivity index (χ2n) is 3.42. The highest BCUT2D eigenvalue weighted by Gasteiger charge is 2.03. The molecule has 1 aromatic rings. The standard InChI is InChI=1S/C10H14ClN3O/c1-7(2)13-10(15)6-12-9-5-3-4-8(11)14-9/h3-5,7H,6H2,1-2H3,(H,12,14)(H,13,15). The van der Waals surface area contributed by atoms with Gasteiger partial charge in [-0.2, -0.15) is 0 Å². The summed E-state index contributed by atoms with van der Waals surface area (Å²) in [4.78, 5) is 15.3. The molecule has 5 heteroatoms. The number of carbonyl (C=O) groups excluding carboxylic acids is 1. The number of hydrogen-bond donors (Lipinski definition) is 2. The Hall–Kier alpha value is -1.29. The van der Waals surface area contributed by atoms with Gasteiger partial charge >= 0.3 is 0 Å². The molecule has 2 N–H and O–H groups in total. The fourth-order valence-corrected chi connectivity index (χ4v) is 1.21. The number of nitrogens with one attached hydrogen (secondary N) is 2. The number of pyridine rings is 1. The van der Waals surface area contributed by atoms with Crippen LogP contribution in [0.5, 0.6) is 0 Å². The minimum absolute atomic E-state index is 0.0632. The van der Waals surface area contributed by atoms with Crippen molar-refractivity contribution >= 4 is 23.3 Å². The van der Waals surface area contributed by atoms with Crippen molar-refractivity contribution in [2.24, 2.45) is 0 Å². The Morgan fingerprint density at radius 2 is 2.27 bits per heavy atom. The first-order valence-corrected chi connectivity index (χ1v) is 5.11. The van der Waals surface area contributed by atoms with Gasteiger partial charge in [-0.3, -0.25) is 4.79 Å². The van der Waals surface area contributed by atoms with E-state index >= 15 is 0 Å². The van der Waals surface area contributed by atoms with E-state index in [1.165, 1.54) is 0 Å². The van der Waals surface area contributed by atoms with Crippen LogP contribution in [0.2, 0.25) is 5.15 Å². The molecule has 0 aliphatic heterocycles. The van der Waals surface area contributed by atoms with Gasteiger partial charge in [0.05, 0.1) is 6.54 Å². The highest BCUT2D eigenvalue weighted by molar-refractivity contribution is 6.29. The number of aromatic nitrogens is 1. The first kappa shape index (κ1) is 11.8. The summed E-state index contributed by atoms with van der Waals surface area (Å²) in [7, 11) is 0. The zero-order valence-electron chi connectivity index (χ0n) is 8.75. The maximum atomic E-state index is 11.3. The molecule has 0 unspecified atom stereocenters. The third-order valence-electron chi connectivity index (χ3n) is 1.59. The fourth-order valence-electron chi connectivity index (χ4n) is 1.05. The summed E-state index contributed by atoms with van der Waals surface area (Å²) in [6, 6.07) is 5.36. The average Bonchev–Trinajstić information content (AvgIpc) is 2.14. The summed E-state index contributed by atoms with van der Waals surface area (Å²) in [6.45, 7) is 4.02. The SMILES string of the molecule is CC(C)NC(=O)CNc1cccc(Cl)n1. The van der Waals surface area contributed by atoms with E-state index < -0.39 is 0 Å². The van der Waals surface area contributed by atoms with Crippen LogP contribution in [0.4, 0.5) is 5.82 Å². The van der Waals surface area contributed by atoms with Crippen molar-refractivity contribution in [3.63, 3.8) is 0 Å². The van der Waals surface area contributed by atoms with E-state index in [9.17, 15) is 4.79 Å². The van der Waals surface area contributed by atoms with Crippen molar-refractivity contribution < 1.29 is 4.79 Å². The molecule has 4 nitrogen and oxygen atoms in total. The van der Waals surface area contributed by atoms with Crippen molar-refractivity contribution in [1.29, 1.82) is 0 Å². The molecular formula is C10H14ClN3O. The highest BCUT2D eigenvalue weighted by atomic mass is 35.5. The van der Waals surface area contributed by atoms with Gasteiger partial charge in [-0.25, -0.2) is 4.98 Å². The molecule has 0 fully saturated rings. The minimum Gasteiger partial charge on any atom is -0.361 e. The molecule has 0 atom stereocenters. The molecule has 1 rings (SSSR count). The van der Waals surface area contributed by atoms with Crippen LogP contribution < -0.4 is 10.6 Å². The zero-order valence-corrected chi connectivity index (χ0v) is 9.51. The van der Waals surface area contributed by atoms with Gasteiger partial charge in [0.25, 0.3) is 0 Å². The Balaban J connectivity index is 2.40. The van der Waals surface area contributed by atoms with Gasteiger partial charge in [0.15, 0.2) is 0 Å². The van der Waals surface area contributed by atoms with Crippen LogP contribution in [0, 0.1) is 0 Å². The van der Waals surface area contributed by atoms with Gasteiger partial charge in [0, 0.05) is 6.04 Å². The van der Waals surface area contributed by atoms with Crippen molar-refractivity contribution in [2.75, 3.05) is 11.9 Å². The molecule has 1 amide bonds. The third kappa shape index (κ3) is 4.65. The molecule has 0 saturated heterocycles. The second kappa shape index (κ2) is 5.56. The van der Waals surface area contributed by atoms with Crippen molar-refractivity contribution in [3.8, 4) is 0 Å². The molecule has 0 aromatic carbocycles. The van der Waals surface area contributed by atoms with E-state index in [-0.39, 0.29) is 18.5 Å². The first-order chi connectivity index (χ1) is 7.08. The number of nitrogens with zero attached hydrogens (tertiary/aromatic N) is 1. The topological polar surface area (TPSA) is 54.0 Å². The maximum Gasteiger partial charge on any atom is 0.239 e. The van der Waals surface area contributed by atoms with Gasteiger partial charge in [0.1, 0.15) is 11.0 Å². The number of halogens is 1. The van der Waals surface area contributed by atoms with Crippen molar-refractivity contribution in [3.05, 3.63) is 23.4 Å². The molecule has 0 bridgehead atoms. The molecule has 0 saturated carbocycles. The number of amides is 1. The van der Waals surface area contributed by atoms with Gasteiger partial charge in [-0.05, 0) is 26.0 Å². The summed E-state index contributed by atoms with van der Waals surface area (Å²) < 4.78 is 0. The van der Waals surface area contributed by atoms with Crippen LogP contribution in [-0.2, 0) is 4.79 Å². The van der Waals surface area contributed by atoms with Gasteiger partial charge in [-0.1, -0.05) is 17.7 Å². The summed E-state index contributed by atoms with van der Waals surface area (Å²) in [5.74, 6) is 0.535. The largest absolute Gasteiger partial charge is 0.361 e.